The van der Waals surface area contributed by atoms with Crippen LogP contribution in [0.1, 0.15) is 21.5 Å². The SMILES string of the molecule is Cc1cc(C(=O)N(OC(=O)C(F)(F)F)c2ccc(F)cc2)ccc1-c1nc(NCCN(C)C)nc2c1CNC(=O)N2c1c(F)cccc1F. The van der Waals surface area contributed by atoms with Crippen LogP contribution in [0.25, 0.3) is 11.3 Å². The van der Waals surface area contributed by atoms with E-state index in [1.165, 1.54) is 18.2 Å². The zero-order valence-corrected chi connectivity index (χ0v) is 26.0. The Morgan fingerprint density at radius 1 is 1.00 bits per heavy atom. The predicted octanol–water partition coefficient (Wildman–Crippen LogP) is 5.87. The summed E-state index contributed by atoms with van der Waals surface area (Å²) < 4.78 is 82.8. The first-order chi connectivity index (χ1) is 23.1. The zero-order chi connectivity index (χ0) is 35.6. The van der Waals surface area contributed by atoms with E-state index in [0.717, 1.165) is 47.4 Å². The van der Waals surface area contributed by atoms with Crippen LogP contribution < -0.4 is 20.6 Å². The lowest BCUT2D eigenvalue weighted by Gasteiger charge is -2.31. The largest absolute Gasteiger partial charge is 0.493 e. The number of likely N-dealkylation sites (N-methyl/N-ethyl adjacent to an activating group) is 1. The highest BCUT2D eigenvalue weighted by atomic mass is 19.4. The second-order valence-electron chi connectivity index (χ2n) is 11.0. The molecule has 3 aromatic carbocycles. The highest BCUT2D eigenvalue weighted by molar-refractivity contribution is 6.06. The quantitative estimate of drug-likeness (QED) is 0.174. The number of amides is 3. The number of hydrogen-bond acceptors (Lipinski definition) is 8. The van der Waals surface area contributed by atoms with E-state index < -0.39 is 47.2 Å². The predicted molar refractivity (Wildman–Crippen MR) is 165 cm³/mol. The molecule has 0 aliphatic carbocycles. The van der Waals surface area contributed by atoms with Crippen molar-refractivity contribution in [2.24, 2.45) is 0 Å². The van der Waals surface area contributed by atoms with Gasteiger partial charge >= 0.3 is 18.2 Å². The molecule has 0 saturated heterocycles. The molecule has 0 unspecified atom stereocenters. The van der Waals surface area contributed by atoms with Gasteiger partial charge in [-0.15, -0.1) is 5.06 Å². The second kappa shape index (κ2) is 13.8. The van der Waals surface area contributed by atoms with Crippen molar-refractivity contribution in [3.8, 4) is 11.3 Å². The molecule has 5 rings (SSSR count). The number of alkyl halides is 3. The number of carbonyl (C=O) groups is 3. The van der Waals surface area contributed by atoms with Crippen LogP contribution in [0, 0.1) is 24.4 Å². The Balaban J connectivity index is 1.60. The Bertz CT molecular complexity index is 1900. The van der Waals surface area contributed by atoms with Crippen LogP contribution in [0.15, 0.2) is 60.7 Å². The Morgan fingerprint density at radius 3 is 2.29 bits per heavy atom. The number of hydroxylamine groups is 1. The molecule has 2 N–H and O–H groups in total. The van der Waals surface area contributed by atoms with Gasteiger partial charge in [-0.05, 0) is 75.1 Å². The van der Waals surface area contributed by atoms with Crippen molar-refractivity contribution in [2.75, 3.05) is 42.5 Å². The minimum absolute atomic E-state index is 0.00754. The monoisotopic (exact) mass is 687 g/mol. The molecule has 1 aliphatic rings. The van der Waals surface area contributed by atoms with E-state index in [-0.39, 0.29) is 45.9 Å². The number of halogens is 6. The Kier molecular flexibility index (Phi) is 9.75. The molecule has 0 saturated carbocycles. The fraction of sp³-hybridized carbons (Fsp3) is 0.219. The number of benzene rings is 3. The van der Waals surface area contributed by atoms with Crippen LogP contribution in [0.3, 0.4) is 0 Å². The number of nitrogens with one attached hydrogen (secondary N) is 2. The van der Waals surface area contributed by atoms with Crippen LogP contribution in [0.4, 0.5) is 54.3 Å². The van der Waals surface area contributed by atoms with E-state index in [1.54, 1.807) is 6.92 Å². The van der Waals surface area contributed by atoms with Crippen molar-refractivity contribution in [2.45, 2.75) is 19.6 Å². The van der Waals surface area contributed by atoms with Gasteiger partial charge in [0.1, 0.15) is 23.1 Å². The van der Waals surface area contributed by atoms with Gasteiger partial charge in [0, 0.05) is 29.8 Å². The van der Waals surface area contributed by atoms with E-state index in [0.29, 0.717) is 24.2 Å². The Morgan fingerprint density at radius 2 is 1.67 bits per heavy atom. The molecule has 0 fully saturated rings. The molecule has 1 aliphatic heterocycles. The molecular weight excluding hydrogens is 660 g/mol. The first-order valence-corrected chi connectivity index (χ1v) is 14.5. The maximum atomic E-state index is 15.0. The number of nitrogens with zero attached hydrogens (tertiary/aromatic N) is 5. The standard InChI is InChI=1S/C32H27F6N7O4/c1-17-15-18(28(46)45(49-29(47)32(36,37)38)20-10-8-19(33)9-11-20)7-12-21(17)25-22-16-40-31(48)44(26-23(34)5-4-6-24(26)35)27(22)42-30(41-25)39-13-14-43(2)3/h4-12,15H,13-14,16H2,1-3H3,(H,40,48)(H,39,41,42). The smallest absolute Gasteiger partial charge is 0.353 e. The molecule has 11 nitrogen and oxygen atoms in total. The van der Waals surface area contributed by atoms with Gasteiger partial charge in [-0.1, -0.05) is 12.1 Å². The van der Waals surface area contributed by atoms with E-state index in [2.05, 4.69) is 25.4 Å². The fourth-order valence-electron chi connectivity index (χ4n) is 4.86. The van der Waals surface area contributed by atoms with Crippen molar-refractivity contribution in [1.29, 1.82) is 0 Å². The summed E-state index contributed by atoms with van der Waals surface area (Å²) in [4.78, 5) is 54.3. The molecule has 49 heavy (non-hydrogen) atoms. The van der Waals surface area contributed by atoms with Crippen molar-refractivity contribution in [3.63, 3.8) is 0 Å². The summed E-state index contributed by atoms with van der Waals surface area (Å²) in [6.45, 7) is 2.29. The Labute approximate surface area is 275 Å². The van der Waals surface area contributed by atoms with Gasteiger partial charge in [0.15, 0.2) is 5.82 Å². The lowest BCUT2D eigenvalue weighted by molar-refractivity contribution is -0.199. The van der Waals surface area contributed by atoms with Crippen LogP contribution in [0.2, 0.25) is 0 Å². The third-order valence-electron chi connectivity index (χ3n) is 7.20. The average molecular weight is 688 g/mol. The highest BCUT2D eigenvalue weighted by Gasteiger charge is 2.44. The van der Waals surface area contributed by atoms with E-state index in [4.69, 9.17) is 0 Å². The number of fused-ring (bicyclic) bond motifs is 1. The van der Waals surface area contributed by atoms with Gasteiger partial charge < -0.3 is 20.4 Å². The Hall–Kier alpha value is -5.71. The number of anilines is 4. The number of aryl methyl sites for hydroxylation is 1. The minimum Gasteiger partial charge on any atom is -0.353 e. The molecule has 3 amide bonds. The van der Waals surface area contributed by atoms with Gasteiger partial charge in [-0.2, -0.15) is 18.2 Å². The fourth-order valence-corrected chi connectivity index (χ4v) is 4.86. The summed E-state index contributed by atoms with van der Waals surface area (Å²) in [5, 5.41) is 5.69. The normalized spacial score (nSPS) is 12.8. The molecule has 1 aromatic heterocycles. The maximum absolute atomic E-state index is 15.0. The van der Waals surface area contributed by atoms with Crippen molar-refractivity contribution in [1.82, 2.24) is 20.2 Å². The topological polar surface area (TPSA) is 120 Å². The number of rotatable bonds is 8. The zero-order valence-electron chi connectivity index (χ0n) is 26.0. The number of para-hydroxylation sites is 1. The number of aromatic nitrogens is 2. The van der Waals surface area contributed by atoms with Crippen molar-refractivity contribution in [3.05, 3.63) is 94.8 Å². The lowest BCUT2D eigenvalue weighted by Crippen LogP contribution is -2.43. The van der Waals surface area contributed by atoms with Gasteiger partial charge in [-0.25, -0.2) is 32.6 Å². The summed E-state index contributed by atoms with van der Waals surface area (Å²) in [5.41, 5.74) is -0.0957. The minimum atomic E-state index is -5.45. The maximum Gasteiger partial charge on any atom is 0.493 e. The number of urea groups is 1. The second-order valence-corrected chi connectivity index (χ2v) is 11.0. The highest BCUT2D eigenvalue weighted by Crippen LogP contribution is 2.39. The summed E-state index contributed by atoms with van der Waals surface area (Å²) in [6.07, 6.45) is -5.45. The van der Waals surface area contributed by atoms with Crippen LogP contribution in [-0.4, -0.2) is 66.1 Å². The average Bonchev–Trinajstić information content (AvgIpc) is 3.03. The molecule has 0 bridgehead atoms. The van der Waals surface area contributed by atoms with E-state index >= 15 is 0 Å². The van der Waals surface area contributed by atoms with Gasteiger partial charge in [-0.3, -0.25) is 4.79 Å². The summed E-state index contributed by atoms with van der Waals surface area (Å²) >= 11 is 0. The number of carbonyl (C=O) groups excluding carboxylic acids is 3. The van der Waals surface area contributed by atoms with Gasteiger partial charge in [0.25, 0.3) is 5.91 Å². The van der Waals surface area contributed by atoms with Gasteiger partial charge in [0.2, 0.25) is 5.95 Å². The van der Waals surface area contributed by atoms with Crippen molar-refractivity contribution >= 4 is 41.0 Å². The third-order valence-corrected chi connectivity index (χ3v) is 7.20. The summed E-state index contributed by atoms with van der Waals surface area (Å²) in [7, 11) is 3.67. The van der Waals surface area contributed by atoms with Crippen LogP contribution >= 0.6 is 0 Å². The van der Waals surface area contributed by atoms with Crippen molar-refractivity contribution < 1.29 is 45.6 Å². The molecule has 17 heteroatoms. The van der Waals surface area contributed by atoms with E-state index in [1.807, 2.05) is 19.0 Å². The number of hydrogen-bond donors (Lipinski definition) is 2. The van der Waals surface area contributed by atoms with Crippen LogP contribution in [-0.2, 0) is 16.2 Å². The summed E-state index contributed by atoms with van der Waals surface area (Å²) in [6, 6.07) is 9.82. The molecule has 2 heterocycles. The first-order valence-electron chi connectivity index (χ1n) is 14.5. The molecular formula is C32H27F6N7O4. The third kappa shape index (κ3) is 7.40. The molecule has 0 atom stereocenters. The molecule has 256 valence electrons. The molecule has 4 aromatic rings. The van der Waals surface area contributed by atoms with Gasteiger partial charge in [0.05, 0.1) is 17.9 Å². The van der Waals surface area contributed by atoms with E-state index in [9.17, 15) is 40.7 Å². The lowest BCUT2D eigenvalue weighted by atomic mass is 9.97. The molecule has 0 radical (unpaired) electrons. The van der Waals surface area contributed by atoms with Crippen LogP contribution in [0.5, 0.6) is 0 Å². The summed E-state index contributed by atoms with van der Waals surface area (Å²) in [5.74, 6) is -6.79. The molecule has 0 spiro atoms. The first kappa shape index (κ1) is 34.6.